The minimum atomic E-state index is 0.488. The Bertz CT molecular complexity index is 1850. The number of para-hydroxylation sites is 3. The average Bonchev–Trinajstić information content (AvgIpc) is 3.56. The SMILES string of the molecule is C1=CC2=CC=C(c3ccc(-n4c5c(c6ccccc64)C=C(c4nc6ccccc6o4)CC5)cc3)CC2C=C1. The van der Waals surface area contributed by atoms with Gasteiger partial charge in [-0.15, -0.1) is 0 Å². The van der Waals surface area contributed by atoms with Crippen LogP contribution in [-0.2, 0) is 6.42 Å². The third-order valence-corrected chi connectivity index (χ3v) is 8.12. The number of allylic oxidation sites excluding steroid dienone is 9. The molecule has 3 heteroatoms. The molecule has 0 radical (unpaired) electrons. The molecule has 3 aliphatic rings. The van der Waals surface area contributed by atoms with Crippen LogP contribution in [0.15, 0.2) is 119 Å². The molecule has 0 bridgehead atoms. The first-order valence-electron chi connectivity index (χ1n) is 13.4. The van der Waals surface area contributed by atoms with Gasteiger partial charge in [-0.05, 0) is 72.4 Å². The van der Waals surface area contributed by atoms with E-state index in [1.165, 1.54) is 44.6 Å². The first-order valence-corrected chi connectivity index (χ1v) is 13.4. The number of hydrogen-bond acceptors (Lipinski definition) is 2. The van der Waals surface area contributed by atoms with Crippen LogP contribution >= 0.6 is 0 Å². The molecular formula is C35H26N2O. The quantitative estimate of drug-likeness (QED) is 0.253. The molecule has 1 atom stereocenters. The summed E-state index contributed by atoms with van der Waals surface area (Å²) in [7, 11) is 0. The summed E-state index contributed by atoms with van der Waals surface area (Å²) in [6, 6.07) is 25.8. The van der Waals surface area contributed by atoms with E-state index in [4.69, 9.17) is 9.40 Å². The van der Waals surface area contributed by atoms with E-state index in [9.17, 15) is 0 Å². The minimum Gasteiger partial charge on any atom is -0.436 e. The lowest BCUT2D eigenvalue weighted by Gasteiger charge is -2.23. The van der Waals surface area contributed by atoms with Gasteiger partial charge in [-0.25, -0.2) is 4.98 Å². The van der Waals surface area contributed by atoms with Crippen molar-refractivity contribution in [3.63, 3.8) is 0 Å². The van der Waals surface area contributed by atoms with Crippen molar-refractivity contribution in [1.29, 1.82) is 0 Å². The summed E-state index contributed by atoms with van der Waals surface area (Å²) in [4.78, 5) is 4.77. The smallest absolute Gasteiger partial charge is 0.223 e. The van der Waals surface area contributed by atoms with Crippen molar-refractivity contribution in [1.82, 2.24) is 9.55 Å². The predicted molar refractivity (Wildman–Crippen MR) is 156 cm³/mol. The summed E-state index contributed by atoms with van der Waals surface area (Å²) in [6.07, 6.45) is 18.6. The molecule has 0 fully saturated rings. The zero-order valence-corrected chi connectivity index (χ0v) is 21.0. The van der Waals surface area contributed by atoms with Crippen LogP contribution in [0.25, 0.3) is 44.9 Å². The number of nitrogens with zero attached hydrogens (tertiary/aromatic N) is 2. The maximum Gasteiger partial charge on any atom is 0.223 e. The molecule has 3 aliphatic carbocycles. The van der Waals surface area contributed by atoms with Crippen molar-refractivity contribution in [3.05, 3.63) is 138 Å². The van der Waals surface area contributed by atoms with Crippen LogP contribution in [0.2, 0.25) is 0 Å². The highest BCUT2D eigenvalue weighted by molar-refractivity contribution is 5.98. The van der Waals surface area contributed by atoms with E-state index in [0.29, 0.717) is 5.92 Å². The van der Waals surface area contributed by atoms with Crippen LogP contribution in [0.3, 0.4) is 0 Å². The number of oxazole rings is 1. The molecule has 2 aromatic heterocycles. The molecule has 0 saturated carbocycles. The number of rotatable bonds is 3. The van der Waals surface area contributed by atoms with Crippen molar-refractivity contribution in [2.75, 3.05) is 0 Å². The van der Waals surface area contributed by atoms with E-state index in [1.54, 1.807) is 0 Å². The Hall–Kier alpha value is -4.63. The topological polar surface area (TPSA) is 31.0 Å². The standard InChI is InChI=1S/C35H26N2O/c1-2-8-25-21-26(14-13-23(25)7-1)24-15-18-28(19-16-24)37-32-11-5-3-9-29(32)30-22-27(17-20-33(30)37)35-36-31-10-4-6-12-34(31)38-35/h1-16,18-19,22,25H,17,20-21H2. The Morgan fingerprint density at radius 2 is 1.68 bits per heavy atom. The molecule has 3 nitrogen and oxygen atoms in total. The highest BCUT2D eigenvalue weighted by Gasteiger charge is 2.24. The molecule has 3 aromatic carbocycles. The third-order valence-electron chi connectivity index (χ3n) is 8.12. The monoisotopic (exact) mass is 490 g/mol. The summed E-state index contributed by atoms with van der Waals surface area (Å²) < 4.78 is 8.57. The highest BCUT2D eigenvalue weighted by Crippen LogP contribution is 2.39. The second-order valence-electron chi connectivity index (χ2n) is 10.3. The normalized spacial score (nSPS) is 18.2. The Balaban J connectivity index is 1.19. The summed E-state index contributed by atoms with van der Waals surface area (Å²) in [6.45, 7) is 0. The van der Waals surface area contributed by atoms with Crippen LogP contribution in [0.4, 0.5) is 0 Å². The fourth-order valence-electron chi connectivity index (χ4n) is 6.20. The molecular weight excluding hydrogens is 464 g/mol. The van der Waals surface area contributed by atoms with E-state index in [1.807, 2.05) is 24.3 Å². The lowest BCUT2D eigenvalue weighted by atomic mass is 9.82. The van der Waals surface area contributed by atoms with Gasteiger partial charge < -0.3 is 8.98 Å². The maximum atomic E-state index is 6.13. The van der Waals surface area contributed by atoms with E-state index < -0.39 is 0 Å². The number of benzene rings is 3. The molecule has 0 spiro atoms. The van der Waals surface area contributed by atoms with Crippen LogP contribution in [0, 0.1) is 5.92 Å². The van der Waals surface area contributed by atoms with Gasteiger partial charge in [0.25, 0.3) is 0 Å². The molecule has 0 N–H and O–H groups in total. The minimum absolute atomic E-state index is 0.488. The molecule has 1 unspecified atom stereocenters. The first-order chi connectivity index (χ1) is 18.8. The molecule has 0 aliphatic heterocycles. The second kappa shape index (κ2) is 8.46. The summed E-state index contributed by atoms with van der Waals surface area (Å²) in [5.74, 6) is 1.22. The largest absolute Gasteiger partial charge is 0.436 e. The van der Waals surface area contributed by atoms with Gasteiger partial charge in [-0.3, -0.25) is 0 Å². The van der Waals surface area contributed by atoms with Crippen molar-refractivity contribution in [2.24, 2.45) is 5.92 Å². The lowest BCUT2D eigenvalue weighted by Crippen LogP contribution is -2.07. The van der Waals surface area contributed by atoms with Gasteiger partial charge in [0.15, 0.2) is 5.58 Å². The summed E-state index contributed by atoms with van der Waals surface area (Å²) in [5, 5.41) is 1.27. The summed E-state index contributed by atoms with van der Waals surface area (Å²) in [5.41, 5.74) is 12.1. The number of aromatic nitrogens is 2. The Morgan fingerprint density at radius 1 is 0.816 bits per heavy atom. The fourth-order valence-corrected chi connectivity index (χ4v) is 6.20. The number of fused-ring (bicyclic) bond motifs is 5. The van der Waals surface area contributed by atoms with Crippen molar-refractivity contribution in [2.45, 2.75) is 19.3 Å². The zero-order valence-electron chi connectivity index (χ0n) is 21.0. The van der Waals surface area contributed by atoms with E-state index in [2.05, 4.69) is 95.6 Å². The fraction of sp³-hybridized carbons (Fsp3) is 0.114. The molecule has 38 heavy (non-hydrogen) atoms. The second-order valence-corrected chi connectivity index (χ2v) is 10.3. The predicted octanol–water partition coefficient (Wildman–Crippen LogP) is 8.71. The van der Waals surface area contributed by atoms with Gasteiger partial charge in [0, 0.05) is 33.8 Å². The molecule has 8 rings (SSSR count). The van der Waals surface area contributed by atoms with Gasteiger partial charge in [0.1, 0.15) is 5.52 Å². The molecule has 5 aromatic rings. The summed E-state index contributed by atoms with van der Waals surface area (Å²) >= 11 is 0. The third kappa shape index (κ3) is 3.39. The zero-order chi connectivity index (χ0) is 25.1. The lowest BCUT2D eigenvalue weighted by molar-refractivity contribution is 0.580. The van der Waals surface area contributed by atoms with Gasteiger partial charge in [-0.2, -0.15) is 0 Å². The van der Waals surface area contributed by atoms with Gasteiger partial charge >= 0.3 is 0 Å². The molecule has 182 valence electrons. The van der Waals surface area contributed by atoms with Crippen molar-refractivity contribution >= 4 is 39.2 Å². The van der Waals surface area contributed by atoms with Crippen LogP contribution < -0.4 is 0 Å². The van der Waals surface area contributed by atoms with Gasteiger partial charge in [0.2, 0.25) is 5.89 Å². The Labute approximate surface area is 221 Å². The van der Waals surface area contributed by atoms with Crippen molar-refractivity contribution < 1.29 is 4.42 Å². The van der Waals surface area contributed by atoms with Crippen molar-refractivity contribution in [3.8, 4) is 5.69 Å². The Kier molecular flexibility index (Phi) is 4.78. The maximum absolute atomic E-state index is 6.13. The van der Waals surface area contributed by atoms with E-state index in [0.717, 1.165) is 41.8 Å². The highest BCUT2D eigenvalue weighted by atomic mass is 16.3. The van der Waals surface area contributed by atoms with Crippen LogP contribution in [-0.4, -0.2) is 9.55 Å². The van der Waals surface area contributed by atoms with Gasteiger partial charge in [-0.1, -0.05) is 78.9 Å². The molecule has 2 heterocycles. The number of hydrogen-bond donors (Lipinski definition) is 0. The Morgan fingerprint density at radius 3 is 2.61 bits per heavy atom. The molecule has 0 amide bonds. The molecule has 0 saturated heterocycles. The van der Waals surface area contributed by atoms with Crippen LogP contribution in [0.1, 0.15) is 35.6 Å². The average molecular weight is 491 g/mol. The van der Waals surface area contributed by atoms with Gasteiger partial charge in [0.05, 0.1) is 5.52 Å². The van der Waals surface area contributed by atoms with E-state index in [-0.39, 0.29) is 0 Å². The van der Waals surface area contributed by atoms with E-state index >= 15 is 0 Å². The first kappa shape index (κ1) is 21.5. The van der Waals surface area contributed by atoms with Crippen LogP contribution in [0.5, 0.6) is 0 Å².